The summed E-state index contributed by atoms with van der Waals surface area (Å²) in [7, 11) is -3.76. The van der Waals surface area contributed by atoms with Gasteiger partial charge in [0.2, 0.25) is 27.1 Å². The van der Waals surface area contributed by atoms with Gasteiger partial charge in [0.05, 0.1) is 4.90 Å². The first-order valence-corrected chi connectivity index (χ1v) is 13.7. The SMILES string of the molecule is O=S(=O)(c1ccc(F)cc1)N1CCN(c2nc(-c3ccc(Cl)cc3)nc3nc(-c4ccccc4)oc23)CC1. The summed E-state index contributed by atoms with van der Waals surface area (Å²) < 4.78 is 47.1. The molecule has 8 nitrogen and oxygen atoms in total. The molecule has 11 heteroatoms. The number of hydrogen-bond acceptors (Lipinski definition) is 7. The quantitative estimate of drug-likeness (QED) is 0.295. The predicted octanol–water partition coefficient (Wildman–Crippen LogP) is 5.26. The summed E-state index contributed by atoms with van der Waals surface area (Å²) in [5.41, 5.74) is 2.40. The smallest absolute Gasteiger partial charge is 0.243 e. The Hall–Kier alpha value is -3.86. The zero-order chi connectivity index (χ0) is 26.3. The van der Waals surface area contributed by atoms with E-state index in [2.05, 4.69) is 9.97 Å². The van der Waals surface area contributed by atoms with Crippen LogP contribution in [-0.4, -0.2) is 53.9 Å². The van der Waals surface area contributed by atoms with E-state index < -0.39 is 15.8 Å². The molecule has 0 radical (unpaired) electrons. The molecule has 1 aliphatic heterocycles. The number of fused-ring (bicyclic) bond motifs is 1. The van der Waals surface area contributed by atoms with E-state index in [9.17, 15) is 12.8 Å². The number of rotatable bonds is 5. The lowest BCUT2D eigenvalue weighted by Gasteiger charge is -2.34. The minimum atomic E-state index is -3.76. The molecule has 0 aliphatic carbocycles. The Balaban J connectivity index is 1.36. The molecule has 5 aromatic rings. The van der Waals surface area contributed by atoms with Crippen LogP contribution in [0.15, 0.2) is 88.2 Å². The van der Waals surface area contributed by atoms with Crippen LogP contribution in [0, 0.1) is 5.82 Å². The van der Waals surface area contributed by atoms with Gasteiger partial charge >= 0.3 is 0 Å². The molecule has 6 rings (SSSR count). The van der Waals surface area contributed by atoms with Gasteiger partial charge in [0.15, 0.2) is 11.6 Å². The number of piperazine rings is 1. The van der Waals surface area contributed by atoms with Crippen molar-refractivity contribution < 1.29 is 17.2 Å². The first-order chi connectivity index (χ1) is 18.4. The van der Waals surface area contributed by atoms with Crippen LogP contribution in [0.2, 0.25) is 5.02 Å². The van der Waals surface area contributed by atoms with E-state index in [1.165, 1.54) is 16.4 Å². The topological polar surface area (TPSA) is 92.4 Å². The van der Waals surface area contributed by atoms with E-state index in [1.807, 2.05) is 47.4 Å². The van der Waals surface area contributed by atoms with Crippen LogP contribution in [0.4, 0.5) is 10.2 Å². The second-order valence-corrected chi connectivity index (χ2v) is 11.1. The van der Waals surface area contributed by atoms with Crippen molar-refractivity contribution >= 4 is 38.7 Å². The van der Waals surface area contributed by atoms with Crippen LogP contribution in [0.3, 0.4) is 0 Å². The lowest BCUT2D eigenvalue weighted by atomic mass is 10.2. The van der Waals surface area contributed by atoms with Crippen molar-refractivity contribution in [3.8, 4) is 22.8 Å². The molecule has 3 aromatic carbocycles. The van der Waals surface area contributed by atoms with Crippen molar-refractivity contribution in [3.63, 3.8) is 0 Å². The highest BCUT2D eigenvalue weighted by Gasteiger charge is 2.31. The van der Waals surface area contributed by atoms with Gasteiger partial charge in [-0.1, -0.05) is 29.8 Å². The molecule has 38 heavy (non-hydrogen) atoms. The average Bonchev–Trinajstić information content (AvgIpc) is 3.38. The van der Waals surface area contributed by atoms with Crippen LogP contribution >= 0.6 is 11.6 Å². The van der Waals surface area contributed by atoms with Crippen molar-refractivity contribution in [1.82, 2.24) is 19.3 Å². The van der Waals surface area contributed by atoms with E-state index in [-0.39, 0.29) is 18.0 Å². The van der Waals surface area contributed by atoms with Crippen LogP contribution in [0.1, 0.15) is 0 Å². The van der Waals surface area contributed by atoms with Crippen LogP contribution < -0.4 is 4.90 Å². The van der Waals surface area contributed by atoms with E-state index >= 15 is 0 Å². The monoisotopic (exact) mass is 549 g/mol. The summed E-state index contributed by atoms with van der Waals surface area (Å²) in [6.45, 7) is 1.18. The largest absolute Gasteiger partial charge is 0.430 e. The summed E-state index contributed by atoms with van der Waals surface area (Å²) in [5.74, 6) is 0.925. The molecule has 0 spiro atoms. The molecule has 0 bridgehead atoms. The number of anilines is 1. The summed E-state index contributed by atoms with van der Waals surface area (Å²) in [6.07, 6.45) is 0. The van der Waals surface area contributed by atoms with Gasteiger partial charge < -0.3 is 9.32 Å². The van der Waals surface area contributed by atoms with Crippen molar-refractivity contribution in [2.24, 2.45) is 0 Å². The van der Waals surface area contributed by atoms with Gasteiger partial charge in [-0.05, 0) is 60.7 Å². The molecular weight excluding hydrogens is 529 g/mol. The Morgan fingerprint density at radius 2 is 1.47 bits per heavy atom. The van der Waals surface area contributed by atoms with Crippen molar-refractivity contribution in [1.29, 1.82) is 0 Å². The minimum absolute atomic E-state index is 0.0598. The molecular formula is C27H21ClFN5O3S. The zero-order valence-corrected chi connectivity index (χ0v) is 21.5. The molecule has 0 unspecified atom stereocenters. The maximum Gasteiger partial charge on any atom is 0.243 e. The first-order valence-electron chi connectivity index (χ1n) is 11.9. The van der Waals surface area contributed by atoms with Gasteiger partial charge in [0.1, 0.15) is 5.82 Å². The Morgan fingerprint density at radius 1 is 0.789 bits per heavy atom. The van der Waals surface area contributed by atoms with Gasteiger partial charge in [0.25, 0.3) is 0 Å². The number of benzene rings is 3. The van der Waals surface area contributed by atoms with Gasteiger partial charge in [-0.25, -0.2) is 22.8 Å². The fraction of sp³-hybridized carbons (Fsp3) is 0.148. The number of sulfonamides is 1. The molecule has 0 saturated carbocycles. The van der Waals surface area contributed by atoms with Gasteiger partial charge in [-0.15, -0.1) is 0 Å². The molecule has 1 saturated heterocycles. The van der Waals surface area contributed by atoms with Crippen molar-refractivity contribution in [2.75, 3.05) is 31.1 Å². The second kappa shape index (κ2) is 9.79. The third-order valence-electron chi connectivity index (χ3n) is 6.35. The molecule has 0 N–H and O–H groups in total. The van der Waals surface area contributed by atoms with Gasteiger partial charge in [-0.2, -0.15) is 9.29 Å². The van der Waals surface area contributed by atoms with Gasteiger partial charge in [-0.3, -0.25) is 0 Å². The number of halogens is 2. The lowest BCUT2D eigenvalue weighted by molar-refractivity contribution is 0.383. The number of oxazole rings is 1. The standard InChI is InChI=1S/C27H21ClFN5O3S/c28-20-8-6-18(7-9-20)24-30-25-23(37-27(32-25)19-4-2-1-3-5-19)26(31-24)33-14-16-34(17-15-33)38(35,36)22-12-10-21(29)11-13-22/h1-13H,14-17H2. The second-order valence-electron chi connectivity index (χ2n) is 8.76. The number of hydrogen-bond donors (Lipinski definition) is 0. The molecule has 2 aromatic heterocycles. The molecule has 192 valence electrons. The van der Waals surface area contributed by atoms with Gasteiger partial charge in [0, 0.05) is 42.3 Å². The predicted molar refractivity (Wildman–Crippen MR) is 143 cm³/mol. The molecule has 0 amide bonds. The summed E-state index contributed by atoms with van der Waals surface area (Å²) in [4.78, 5) is 16.1. The highest BCUT2D eigenvalue weighted by molar-refractivity contribution is 7.89. The maximum atomic E-state index is 13.3. The average molecular weight is 550 g/mol. The van der Waals surface area contributed by atoms with Crippen molar-refractivity contribution in [2.45, 2.75) is 4.90 Å². The Kier molecular flexibility index (Phi) is 6.30. The third kappa shape index (κ3) is 4.62. The highest BCUT2D eigenvalue weighted by atomic mass is 35.5. The van der Waals surface area contributed by atoms with Crippen LogP contribution in [0.5, 0.6) is 0 Å². The van der Waals surface area contributed by atoms with E-state index in [4.69, 9.17) is 21.0 Å². The summed E-state index contributed by atoms with van der Waals surface area (Å²) >= 11 is 6.07. The fourth-order valence-electron chi connectivity index (χ4n) is 4.35. The molecule has 0 atom stereocenters. The van der Waals surface area contributed by atoms with E-state index in [0.717, 1.165) is 23.3 Å². The Labute approximate surface area is 223 Å². The zero-order valence-electron chi connectivity index (χ0n) is 20.0. The summed E-state index contributed by atoms with van der Waals surface area (Å²) in [5, 5.41) is 0.598. The van der Waals surface area contributed by atoms with Crippen LogP contribution in [-0.2, 0) is 10.0 Å². The third-order valence-corrected chi connectivity index (χ3v) is 8.51. The number of nitrogens with zero attached hydrogens (tertiary/aromatic N) is 5. The van der Waals surface area contributed by atoms with E-state index in [1.54, 1.807) is 12.1 Å². The lowest BCUT2D eigenvalue weighted by Crippen LogP contribution is -2.49. The molecule has 1 fully saturated rings. The number of aromatic nitrogens is 3. The fourth-order valence-corrected chi connectivity index (χ4v) is 5.90. The van der Waals surface area contributed by atoms with E-state index in [0.29, 0.717) is 46.9 Å². The normalized spacial score (nSPS) is 14.7. The first kappa shape index (κ1) is 24.5. The Bertz CT molecular complexity index is 1700. The maximum absolute atomic E-state index is 13.3. The molecule has 1 aliphatic rings. The highest BCUT2D eigenvalue weighted by Crippen LogP contribution is 2.33. The summed E-state index contributed by atoms with van der Waals surface area (Å²) in [6, 6.07) is 21.6. The Morgan fingerprint density at radius 3 is 2.16 bits per heavy atom. The van der Waals surface area contributed by atoms with Crippen LogP contribution in [0.25, 0.3) is 34.1 Å². The molecule has 3 heterocycles. The minimum Gasteiger partial charge on any atom is -0.430 e. The van der Waals surface area contributed by atoms with Crippen molar-refractivity contribution in [3.05, 3.63) is 89.7 Å².